The maximum absolute atomic E-state index is 6.69. The quantitative estimate of drug-likeness (QED) is 0.189. The van der Waals surface area contributed by atoms with E-state index in [2.05, 4.69) is 107 Å². The molecule has 2 aliphatic carbocycles. The third-order valence-electron chi connectivity index (χ3n) is 13.2. The van der Waals surface area contributed by atoms with Gasteiger partial charge in [0.2, 0.25) is 0 Å². The van der Waals surface area contributed by atoms with Crippen LogP contribution in [0, 0.1) is 11.8 Å². The van der Waals surface area contributed by atoms with Crippen LogP contribution in [0.3, 0.4) is 0 Å². The summed E-state index contributed by atoms with van der Waals surface area (Å²) in [5.41, 5.74) is 7.08. The van der Waals surface area contributed by atoms with Gasteiger partial charge >= 0.3 is 14.2 Å². The Bertz CT molecular complexity index is 1290. The molecule has 47 heavy (non-hydrogen) atoms. The number of fused-ring (bicyclic) bond motifs is 2. The molecule has 4 nitrogen and oxygen atoms in total. The molecule has 2 saturated heterocycles. The summed E-state index contributed by atoms with van der Waals surface area (Å²) >= 11 is 0. The van der Waals surface area contributed by atoms with Gasteiger partial charge in [0, 0.05) is 5.41 Å². The Morgan fingerprint density at radius 1 is 0.660 bits per heavy atom. The van der Waals surface area contributed by atoms with Crippen molar-refractivity contribution in [1.29, 1.82) is 0 Å². The summed E-state index contributed by atoms with van der Waals surface area (Å²) in [6.45, 7) is 26.8. The molecule has 0 N–H and O–H groups in total. The van der Waals surface area contributed by atoms with E-state index in [1.807, 2.05) is 0 Å². The molecule has 2 heterocycles. The maximum Gasteiger partial charge on any atom is 0.494 e. The molecule has 0 saturated carbocycles. The molecular weight excluding hydrogens is 578 g/mol. The van der Waals surface area contributed by atoms with Gasteiger partial charge in [-0.2, -0.15) is 0 Å². The van der Waals surface area contributed by atoms with E-state index in [4.69, 9.17) is 18.6 Å². The minimum Gasteiger partial charge on any atom is -0.400 e. The van der Waals surface area contributed by atoms with Crippen molar-refractivity contribution in [2.24, 2.45) is 11.8 Å². The monoisotopic (exact) mass is 645 g/mol. The predicted octanol–water partition coefficient (Wildman–Crippen LogP) is 10.6. The summed E-state index contributed by atoms with van der Waals surface area (Å²) in [5, 5.41) is 0. The molecule has 2 aliphatic heterocycles. The van der Waals surface area contributed by atoms with E-state index >= 15 is 0 Å². The lowest BCUT2D eigenvalue weighted by Crippen LogP contribution is -2.41. The fourth-order valence-electron chi connectivity index (χ4n) is 8.52. The molecule has 0 spiro atoms. The molecule has 5 rings (SSSR count). The van der Waals surface area contributed by atoms with Crippen molar-refractivity contribution in [2.45, 2.75) is 188 Å². The molecule has 1 aromatic rings. The van der Waals surface area contributed by atoms with Crippen molar-refractivity contribution >= 4 is 25.3 Å². The topological polar surface area (TPSA) is 36.9 Å². The zero-order valence-electron chi connectivity index (χ0n) is 32.2. The zero-order chi connectivity index (χ0) is 34.4. The summed E-state index contributed by atoms with van der Waals surface area (Å²) in [6, 6.07) is 7.22. The van der Waals surface area contributed by atoms with Crippen LogP contribution < -0.4 is 5.46 Å². The van der Waals surface area contributed by atoms with E-state index < -0.39 is 0 Å². The Labute approximate surface area is 289 Å². The molecule has 4 aliphatic rings. The van der Waals surface area contributed by atoms with Gasteiger partial charge in [-0.25, -0.2) is 0 Å². The SMILES string of the molecule is CCCCC(CC)CC1(CC(CC)CCCC)C2=C(CCC(B3OC(C)(C)C(C)(C)O3)=C2)c2ccc(B3OC(C)(C)C(C)(C)O3)cc21. The lowest BCUT2D eigenvalue weighted by atomic mass is 9.61. The molecule has 0 aromatic heterocycles. The van der Waals surface area contributed by atoms with E-state index in [0.717, 1.165) is 18.3 Å². The van der Waals surface area contributed by atoms with E-state index in [1.165, 1.54) is 80.8 Å². The highest BCUT2D eigenvalue weighted by atomic mass is 16.7. The molecule has 0 radical (unpaired) electrons. The smallest absolute Gasteiger partial charge is 0.400 e. The van der Waals surface area contributed by atoms with Crippen LogP contribution >= 0.6 is 0 Å². The molecular formula is C41H66B2O4. The molecule has 1 aromatic carbocycles. The van der Waals surface area contributed by atoms with Gasteiger partial charge in [0.25, 0.3) is 0 Å². The Morgan fingerprint density at radius 3 is 1.62 bits per heavy atom. The second-order valence-electron chi connectivity index (χ2n) is 17.4. The third kappa shape index (κ3) is 6.89. The first-order valence-corrected chi connectivity index (χ1v) is 19.3. The number of hydrogen-bond acceptors (Lipinski definition) is 4. The van der Waals surface area contributed by atoms with Gasteiger partial charge in [0.1, 0.15) is 0 Å². The van der Waals surface area contributed by atoms with Crippen molar-refractivity contribution in [1.82, 2.24) is 0 Å². The average molecular weight is 645 g/mol. The molecule has 260 valence electrons. The van der Waals surface area contributed by atoms with Crippen LogP contribution in [0.15, 0.2) is 35.3 Å². The Hall–Kier alpha value is -1.33. The number of benzene rings is 1. The van der Waals surface area contributed by atoms with Gasteiger partial charge in [-0.15, -0.1) is 0 Å². The fraction of sp³-hybridized carbons (Fsp3) is 0.756. The number of unbranched alkanes of at least 4 members (excludes halogenated alkanes) is 2. The van der Waals surface area contributed by atoms with E-state index in [9.17, 15) is 0 Å². The van der Waals surface area contributed by atoms with E-state index in [1.54, 1.807) is 11.1 Å². The van der Waals surface area contributed by atoms with Gasteiger partial charge in [-0.1, -0.05) is 103 Å². The summed E-state index contributed by atoms with van der Waals surface area (Å²) in [5.74, 6) is 1.35. The number of hydrogen-bond donors (Lipinski definition) is 0. The first-order chi connectivity index (χ1) is 22.0. The number of allylic oxidation sites excluding steroid dienone is 4. The normalized spacial score (nSPS) is 26.8. The largest absolute Gasteiger partial charge is 0.494 e. The minimum absolute atomic E-state index is 0.0531. The third-order valence-corrected chi connectivity index (χ3v) is 13.2. The number of rotatable bonds is 14. The van der Waals surface area contributed by atoms with Crippen molar-refractivity contribution in [2.75, 3.05) is 0 Å². The highest BCUT2D eigenvalue weighted by Gasteiger charge is 2.55. The molecule has 6 heteroatoms. The average Bonchev–Trinajstić information content (AvgIpc) is 3.51. The predicted molar refractivity (Wildman–Crippen MR) is 200 cm³/mol. The zero-order valence-corrected chi connectivity index (χ0v) is 32.2. The van der Waals surface area contributed by atoms with E-state index in [0.29, 0.717) is 11.8 Å². The van der Waals surface area contributed by atoms with E-state index in [-0.39, 0.29) is 42.1 Å². The summed E-state index contributed by atoms with van der Waals surface area (Å²) in [6.07, 6.45) is 17.1. The van der Waals surface area contributed by atoms with Crippen LogP contribution in [0.25, 0.3) is 5.57 Å². The van der Waals surface area contributed by atoms with Crippen molar-refractivity contribution in [3.8, 4) is 0 Å². The van der Waals surface area contributed by atoms with Crippen molar-refractivity contribution < 1.29 is 18.6 Å². The van der Waals surface area contributed by atoms with Gasteiger partial charge in [-0.05, 0) is 126 Å². The van der Waals surface area contributed by atoms with Crippen molar-refractivity contribution in [3.63, 3.8) is 0 Å². The first-order valence-electron chi connectivity index (χ1n) is 19.3. The van der Waals surface area contributed by atoms with Gasteiger partial charge in [-0.3, -0.25) is 0 Å². The van der Waals surface area contributed by atoms with Gasteiger partial charge in [0.05, 0.1) is 22.4 Å². The molecule has 0 amide bonds. The molecule has 2 unspecified atom stereocenters. The maximum atomic E-state index is 6.69. The van der Waals surface area contributed by atoms with Gasteiger partial charge < -0.3 is 18.6 Å². The highest BCUT2D eigenvalue weighted by molar-refractivity contribution is 6.62. The summed E-state index contributed by atoms with van der Waals surface area (Å²) in [4.78, 5) is 0. The fourth-order valence-corrected chi connectivity index (χ4v) is 8.52. The van der Waals surface area contributed by atoms with Crippen LogP contribution in [0.4, 0.5) is 0 Å². The Balaban J connectivity index is 1.66. The van der Waals surface area contributed by atoms with Crippen LogP contribution in [0.2, 0.25) is 0 Å². The highest BCUT2D eigenvalue weighted by Crippen LogP contribution is 2.58. The Morgan fingerprint density at radius 2 is 1.15 bits per heavy atom. The molecule has 0 bridgehead atoms. The van der Waals surface area contributed by atoms with Crippen LogP contribution in [-0.2, 0) is 24.0 Å². The van der Waals surface area contributed by atoms with Crippen LogP contribution in [0.5, 0.6) is 0 Å². The van der Waals surface area contributed by atoms with Crippen molar-refractivity contribution in [3.05, 3.63) is 46.4 Å². The summed E-state index contributed by atoms with van der Waals surface area (Å²) in [7, 11) is -0.652. The first kappa shape index (κ1) is 36.9. The van der Waals surface area contributed by atoms with Crippen LogP contribution in [0.1, 0.15) is 171 Å². The lowest BCUT2D eigenvalue weighted by molar-refractivity contribution is 0.00578. The molecule has 2 fully saturated rings. The standard InChI is InChI=1S/C41H66B2O4/c1-13-17-19-29(15-3)27-41(28-30(16-4)20-18-14-2)35-25-31(42-44-37(5,6)38(7,8)45-42)21-23-33(35)34-24-22-32(26-36(34)41)43-46-39(9,10)40(11,12)47-43/h21,23,25-26,29-30H,13-20,22,24,27-28H2,1-12H3. The minimum atomic E-state index is -0.368. The lowest BCUT2D eigenvalue weighted by Gasteiger charge is -2.40. The second kappa shape index (κ2) is 13.8. The second-order valence-corrected chi connectivity index (χ2v) is 17.4. The Kier molecular flexibility index (Phi) is 10.8. The van der Waals surface area contributed by atoms with Gasteiger partial charge in [0.15, 0.2) is 0 Å². The summed E-state index contributed by atoms with van der Waals surface area (Å²) < 4.78 is 26.7. The van der Waals surface area contributed by atoms with Crippen LogP contribution in [-0.4, -0.2) is 36.6 Å². The molecule has 2 atom stereocenters.